The number of hydrogen-bond acceptors (Lipinski definition) is 4. The highest BCUT2D eigenvalue weighted by molar-refractivity contribution is 7.89. The zero-order valence-electron chi connectivity index (χ0n) is 12.6. The topological polar surface area (TPSA) is 78.4 Å². The summed E-state index contributed by atoms with van der Waals surface area (Å²) in [5, 5.41) is 12.4. The number of benzene rings is 1. The molecule has 1 aromatic carbocycles. The third-order valence-corrected chi connectivity index (χ3v) is 5.50. The van der Waals surface area contributed by atoms with Crippen LogP contribution >= 0.6 is 0 Å². The van der Waals surface area contributed by atoms with Gasteiger partial charge in [-0.3, -0.25) is 0 Å². The van der Waals surface area contributed by atoms with Gasteiger partial charge in [-0.1, -0.05) is 0 Å². The van der Waals surface area contributed by atoms with Crippen LogP contribution in [0.25, 0.3) is 0 Å². The van der Waals surface area contributed by atoms with E-state index in [0.717, 1.165) is 31.5 Å². The average Bonchev–Trinajstić information content (AvgIpc) is 3.16. The molecule has 3 N–H and O–H groups in total. The maximum Gasteiger partial charge on any atom is 0.240 e. The predicted molar refractivity (Wildman–Crippen MR) is 83.8 cm³/mol. The molecule has 1 saturated carbocycles. The van der Waals surface area contributed by atoms with Crippen LogP contribution in [-0.2, 0) is 10.0 Å². The Hall–Kier alpha value is -1.11. The standard InChI is InChI=1S/C15H24N2O3S/c1-12(2)17-21(19,20)14-5-3-13(4-6-14)16-11-15(7-8-15)9-10-18/h3-6,12,16-18H,7-11H2,1-2H3. The quantitative estimate of drug-likeness (QED) is 0.685. The van der Waals surface area contributed by atoms with Crippen molar-refractivity contribution in [3.63, 3.8) is 0 Å². The highest BCUT2D eigenvalue weighted by Crippen LogP contribution is 2.48. The summed E-state index contributed by atoms with van der Waals surface area (Å²) >= 11 is 0. The van der Waals surface area contributed by atoms with Crippen molar-refractivity contribution >= 4 is 15.7 Å². The van der Waals surface area contributed by atoms with Crippen LogP contribution in [0, 0.1) is 5.41 Å². The van der Waals surface area contributed by atoms with Crippen LogP contribution in [0.15, 0.2) is 29.2 Å². The van der Waals surface area contributed by atoms with E-state index < -0.39 is 10.0 Å². The summed E-state index contributed by atoms with van der Waals surface area (Å²) in [7, 11) is -3.43. The molecule has 21 heavy (non-hydrogen) atoms. The molecule has 0 unspecified atom stereocenters. The number of aliphatic hydroxyl groups is 1. The molecule has 1 aliphatic rings. The first-order valence-corrected chi connectivity index (χ1v) is 8.82. The Labute approximate surface area is 126 Å². The molecule has 0 heterocycles. The largest absolute Gasteiger partial charge is 0.396 e. The van der Waals surface area contributed by atoms with E-state index in [-0.39, 0.29) is 23.0 Å². The summed E-state index contributed by atoms with van der Waals surface area (Å²) in [6, 6.07) is 6.66. The Morgan fingerprint density at radius 1 is 1.24 bits per heavy atom. The molecule has 6 heteroatoms. The highest BCUT2D eigenvalue weighted by Gasteiger charge is 2.41. The van der Waals surface area contributed by atoms with Gasteiger partial charge in [0, 0.05) is 24.9 Å². The molecule has 0 saturated heterocycles. The Morgan fingerprint density at radius 3 is 2.33 bits per heavy atom. The molecule has 0 amide bonds. The van der Waals surface area contributed by atoms with Gasteiger partial charge in [-0.15, -0.1) is 0 Å². The number of hydrogen-bond donors (Lipinski definition) is 3. The van der Waals surface area contributed by atoms with Gasteiger partial charge in [-0.2, -0.15) is 0 Å². The lowest BCUT2D eigenvalue weighted by Crippen LogP contribution is -2.30. The summed E-state index contributed by atoms with van der Waals surface area (Å²) < 4.78 is 26.6. The summed E-state index contributed by atoms with van der Waals surface area (Å²) in [6.07, 6.45) is 3.11. The number of rotatable bonds is 8. The van der Waals surface area contributed by atoms with Crippen LogP contribution in [0.4, 0.5) is 5.69 Å². The van der Waals surface area contributed by atoms with Crippen molar-refractivity contribution in [2.75, 3.05) is 18.5 Å². The minimum absolute atomic E-state index is 0.124. The fourth-order valence-electron chi connectivity index (χ4n) is 2.35. The van der Waals surface area contributed by atoms with E-state index in [1.165, 1.54) is 0 Å². The molecule has 1 fully saturated rings. The molecule has 0 aliphatic heterocycles. The van der Waals surface area contributed by atoms with Crippen molar-refractivity contribution in [1.29, 1.82) is 0 Å². The molecule has 0 atom stereocenters. The molecule has 1 aromatic rings. The van der Waals surface area contributed by atoms with Crippen molar-refractivity contribution in [2.45, 2.75) is 44.0 Å². The lowest BCUT2D eigenvalue weighted by Gasteiger charge is -2.16. The van der Waals surface area contributed by atoms with Crippen LogP contribution in [0.5, 0.6) is 0 Å². The third kappa shape index (κ3) is 4.43. The SMILES string of the molecule is CC(C)NS(=O)(=O)c1ccc(NCC2(CCO)CC2)cc1. The van der Waals surface area contributed by atoms with Gasteiger partial charge in [0.1, 0.15) is 0 Å². The molecule has 118 valence electrons. The minimum Gasteiger partial charge on any atom is -0.396 e. The van der Waals surface area contributed by atoms with Gasteiger partial charge < -0.3 is 10.4 Å². The molecule has 0 aromatic heterocycles. The van der Waals surface area contributed by atoms with E-state index in [4.69, 9.17) is 5.11 Å². The molecule has 0 radical (unpaired) electrons. The van der Waals surface area contributed by atoms with Crippen LogP contribution in [0.1, 0.15) is 33.1 Å². The van der Waals surface area contributed by atoms with Gasteiger partial charge in [0.25, 0.3) is 0 Å². The summed E-state index contributed by atoms with van der Waals surface area (Å²) in [5.41, 5.74) is 1.14. The molecular weight excluding hydrogens is 288 g/mol. The summed E-state index contributed by atoms with van der Waals surface area (Å²) in [5.74, 6) is 0. The van der Waals surface area contributed by atoms with E-state index in [9.17, 15) is 8.42 Å². The smallest absolute Gasteiger partial charge is 0.240 e. The average molecular weight is 312 g/mol. The third-order valence-electron chi connectivity index (χ3n) is 3.82. The van der Waals surface area contributed by atoms with Gasteiger partial charge in [0.2, 0.25) is 10.0 Å². The predicted octanol–water partition coefficient (Wildman–Crippen LogP) is 1.95. The fourth-order valence-corrected chi connectivity index (χ4v) is 3.60. The van der Waals surface area contributed by atoms with Crippen molar-refractivity contribution in [1.82, 2.24) is 4.72 Å². The number of nitrogens with one attached hydrogen (secondary N) is 2. The van der Waals surface area contributed by atoms with E-state index >= 15 is 0 Å². The Bertz CT molecular complexity index is 563. The highest BCUT2D eigenvalue weighted by atomic mass is 32.2. The maximum absolute atomic E-state index is 12.0. The van der Waals surface area contributed by atoms with Crippen molar-refractivity contribution < 1.29 is 13.5 Å². The van der Waals surface area contributed by atoms with Crippen LogP contribution in [-0.4, -0.2) is 32.7 Å². The number of aliphatic hydroxyl groups excluding tert-OH is 1. The Kier molecular flexibility index (Phi) is 4.91. The normalized spacial score (nSPS) is 17.0. The van der Waals surface area contributed by atoms with E-state index in [0.29, 0.717) is 0 Å². The van der Waals surface area contributed by atoms with Crippen LogP contribution < -0.4 is 10.0 Å². The van der Waals surface area contributed by atoms with Crippen molar-refractivity contribution in [2.24, 2.45) is 5.41 Å². The van der Waals surface area contributed by atoms with Crippen molar-refractivity contribution in [3.05, 3.63) is 24.3 Å². The lowest BCUT2D eigenvalue weighted by atomic mass is 10.0. The Morgan fingerprint density at radius 2 is 1.86 bits per heavy atom. The molecule has 0 bridgehead atoms. The van der Waals surface area contributed by atoms with Gasteiger partial charge in [-0.25, -0.2) is 13.1 Å². The van der Waals surface area contributed by atoms with Crippen LogP contribution in [0.2, 0.25) is 0 Å². The van der Waals surface area contributed by atoms with E-state index in [1.54, 1.807) is 38.1 Å². The first-order chi connectivity index (χ1) is 9.87. The van der Waals surface area contributed by atoms with Crippen molar-refractivity contribution in [3.8, 4) is 0 Å². The molecular formula is C15H24N2O3S. The Balaban J connectivity index is 1.96. The molecule has 2 rings (SSSR count). The molecule has 0 spiro atoms. The van der Waals surface area contributed by atoms with Crippen LogP contribution in [0.3, 0.4) is 0 Å². The maximum atomic E-state index is 12.0. The van der Waals surface area contributed by atoms with E-state index in [2.05, 4.69) is 10.0 Å². The number of sulfonamides is 1. The van der Waals surface area contributed by atoms with Gasteiger partial charge >= 0.3 is 0 Å². The monoisotopic (exact) mass is 312 g/mol. The van der Waals surface area contributed by atoms with E-state index in [1.807, 2.05) is 0 Å². The summed E-state index contributed by atoms with van der Waals surface area (Å²) in [4.78, 5) is 0.276. The lowest BCUT2D eigenvalue weighted by molar-refractivity contribution is 0.253. The minimum atomic E-state index is -3.43. The zero-order chi connectivity index (χ0) is 15.5. The first kappa shape index (κ1) is 16.3. The number of anilines is 1. The van der Waals surface area contributed by atoms with Gasteiger partial charge in [0.05, 0.1) is 4.90 Å². The summed E-state index contributed by atoms with van der Waals surface area (Å²) in [6.45, 7) is 4.64. The second kappa shape index (κ2) is 6.34. The zero-order valence-corrected chi connectivity index (χ0v) is 13.4. The second-order valence-electron chi connectivity index (χ2n) is 6.13. The molecule has 5 nitrogen and oxygen atoms in total. The second-order valence-corrected chi connectivity index (χ2v) is 7.84. The first-order valence-electron chi connectivity index (χ1n) is 7.34. The molecule has 1 aliphatic carbocycles. The van der Waals surface area contributed by atoms with Gasteiger partial charge in [0.15, 0.2) is 0 Å². The fraction of sp³-hybridized carbons (Fsp3) is 0.600. The van der Waals surface area contributed by atoms with Gasteiger partial charge in [-0.05, 0) is 62.8 Å².